The van der Waals surface area contributed by atoms with E-state index in [0.717, 1.165) is 16.5 Å². The summed E-state index contributed by atoms with van der Waals surface area (Å²) in [6, 6.07) is 12.0. The van der Waals surface area contributed by atoms with E-state index in [0.29, 0.717) is 40.2 Å². The number of aromatic nitrogens is 1. The number of nitrogens with zero attached hydrogens (tertiary/aromatic N) is 1. The van der Waals surface area contributed by atoms with Crippen molar-refractivity contribution < 1.29 is 9.18 Å². The van der Waals surface area contributed by atoms with Crippen LogP contribution in [0.2, 0.25) is 5.02 Å². The lowest BCUT2D eigenvalue weighted by Crippen LogP contribution is -2.15. The van der Waals surface area contributed by atoms with Gasteiger partial charge in [0.15, 0.2) is 0 Å². The molecule has 3 nitrogen and oxygen atoms in total. The van der Waals surface area contributed by atoms with Crippen LogP contribution in [0.1, 0.15) is 33.6 Å². The van der Waals surface area contributed by atoms with Crippen LogP contribution >= 0.6 is 11.6 Å². The molecule has 2 aromatic carbocycles. The van der Waals surface area contributed by atoms with Gasteiger partial charge in [0, 0.05) is 10.9 Å². The first-order valence-corrected chi connectivity index (χ1v) is 8.30. The van der Waals surface area contributed by atoms with Crippen molar-refractivity contribution in [3.05, 3.63) is 75.7 Å². The average molecular weight is 353 g/mol. The van der Waals surface area contributed by atoms with E-state index in [1.165, 1.54) is 6.07 Å². The molecule has 0 bridgehead atoms. The topological polar surface area (TPSA) is 56.0 Å². The van der Waals surface area contributed by atoms with Crippen LogP contribution in [0.15, 0.2) is 42.5 Å². The number of pyridine rings is 1. The summed E-state index contributed by atoms with van der Waals surface area (Å²) in [5.41, 5.74) is 9.55. The first kappa shape index (κ1) is 15.8. The summed E-state index contributed by atoms with van der Waals surface area (Å²) in [4.78, 5) is 16.7. The molecular weight excluding hydrogens is 339 g/mol. The summed E-state index contributed by atoms with van der Waals surface area (Å²) in [7, 11) is 0. The lowest BCUT2D eigenvalue weighted by molar-refractivity contribution is 0.100. The Bertz CT molecular complexity index is 1040. The van der Waals surface area contributed by atoms with E-state index in [9.17, 15) is 9.18 Å². The van der Waals surface area contributed by atoms with Gasteiger partial charge in [-0.25, -0.2) is 9.37 Å². The third kappa shape index (κ3) is 2.59. The molecule has 0 fully saturated rings. The fourth-order valence-corrected chi connectivity index (χ4v) is 3.60. The zero-order valence-corrected chi connectivity index (χ0v) is 14.0. The molecule has 1 heterocycles. The second-order valence-corrected chi connectivity index (χ2v) is 6.41. The zero-order valence-electron chi connectivity index (χ0n) is 13.2. The molecule has 0 unspecified atom stereocenters. The molecule has 1 amide bonds. The quantitative estimate of drug-likeness (QED) is 0.732. The zero-order chi connectivity index (χ0) is 17.6. The first-order valence-electron chi connectivity index (χ1n) is 7.92. The van der Waals surface area contributed by atoms with Gasteiger partial charge < -0.3 is 5.73 Å². The normalized spacial score (nSPS) is 14.9. The molecule has 0 radical (unpaired) electrons. The lowest BCUT2D eigenvalue weighted by atomic mass is 10.00. The number of allylic oxidation sites excluding steroid dienone is 1. The summed E-state index contributed by atoms with van der Waals surface area (Å²) in [5, 5.41) is 1.09. The molecule has 2 N–H and O–H groups in total. The lowest BCUT2D eigenvalue weighted by Gasteiger charge is -2.10. The van der Waals surface area contributed by atoms with Crippen LogP contribution in [0.3, 0.4) is 0 Å². The highest BCUT2D eigenvalue weighted by Crippen LogP contribution is 2.38. The fraction of sp³-hybridized carbons (Fsp3) is 0.100. The van der Waals surface area contributed by atoms with E-state index in [1.807, 2.05) is 24.3 Å². The van der Waals surface area contributed by atoms with Crippen molar-refractivity contribution in [3.8, 4) is 0 Å². The summed E-state index contributed by atoms with van der Waals surface area (Å²) in [5.74, 6) is -0.857. The van der Waals surface area contributed by atoms with Gasteiger partial charge in [-0.1, -0.05) is 35.9 Å². The minimum absolute atomic E-state index is 0.336. The Hall–Kier alpha value is -2.72. The SMILES string of the molecule is NC(=O)c1c2c(nc3ccccc13)/C(=C/c1c(F)cccc1Cl)CC2. The van der Waals surface area contributed by atoms with Crippen LogP contribution in [-0.4, -0.2) is 10.9 Å². The van der Waals surface area contributed by atoms with Crippen molar-refractivity contribution in [3.63, 3.8) is 0 Å². The standard InChI is InChI=1S/C20H14ClFN2O/c21-15-5-3-6-16(22)14(15)10-11-8-9-13-18(20(23)25)12-4-1-2-7-17(12)24-19(11)13/h1-7,10H,8-9H2,(H2,23,25)/b11-10+. The van der Waals surface area contributed by atoms with Gasteiger partial charge in [-0.3, -0.25) is 4.79 Å². The molecule has 0 saturated carbocycles. The van der Waals surface area contributed by atoms with Crippen LogP contribution in [0, 0.1) is 5.82 Å². The number of halogens is 2. The van der Waals surface area contributed by atoms with E-state index in [1.54, 1.807) is 18.2 Å². The van der Waals surface area contributed by atoms with Crippen molar-refractivity contribution in [2.75, 3.05) is 0 Å². The summed E-state index contributed by atoms with van der Waals surface area (Å²) in [6.45, 7) is 0. The number of rotatable bonds is 2. The highest BCUT2D eigenvalue weighted by molar-refractivity contribution is 6.32. The number of carbonyl (C=O) groups excluding carboxylic acids is 1. The molecule has 124 valence electrons. The summed E-state index contributed by atoms with van der Waals surface area (Å²) >= 11 is 6.13. The van der Waals surface area contributed by atoms with Crippen LogP contribution < -0.4 is 5.73 Å². The van der Waals surface area contributed by atoms with E-state index in [-0.39, 0.29) is 5.82 Å². The van der Waals surface area contributed by atoms with Gasteiger partial charge in [0.25, 0.3) is 0 Å². The number of hydrogen-bond acceptors (Lipinski definition) is 2. The van der Waals surface area contributed by atoms with Crippen molar-refractivity contribution in [1.29, 1.82) is 0 Å². The van der Waals surface area contributed by atoms with E-state index < -0.39 is 5.91 Å². The van der Waals surface area contributed by atoms with Crippen molar-refractivity contribution in [1.82, 2.24) is 4.98 Å². The van der Waals surface area contributed by atoms with Gasteiger partial charge >= 0.3 is 0 Å². The van der Waals surface area contributed by atoms with Crippen LogP contribution in [-0.2, 0) is 6.42 Å². The minimum Gasteiger partial charge on any atom is -0.366 e. The van der Waals surface area contributed by atoms with Crippen molar-refractivity contribution in [2.45, 2.75) is 12.8 Å². The number of carbonyl (C=O) groups is 1. The Kier molecular flexibility index (Phi) is 3.77. The number of para-hydroxylation sites is 1. The second kappa shape index (κ2) is 5.97. The van der Waals surface area contributed by atoms with Crippen LogP contribution in [0.4, 0.5) is 4.39 Å². The Morgan fingerprint density at radius 1 is 1.16 bits per heavy atom. The van der Waals surface area contributed by atoms with Crippen molar-refractivity contribution >= 4 is 40.1 Å². The average Bonchev–Trinajstić information content (AvgIpc) is 2.98. The number of amides is 1. The molecule has 4 rings (SSSR count). The number of nitrogens with two attached hydrogens (primary N) is 1. The van der Waals surface area contributed by atoms with Crippen molar-refractivity contribution in [2.24, 2.45) is 5.73 Å². The molecular formula is C20H14ClFN2O. The van der Waals surface area contributed by atoms with Crippen LogP contribution in [0.25, 0.3) is 22.6 Å². The highest BCUT2D eigenvalue weighted by atomic mass is 35.5. The maximum Gasteiger partial charge on any atom is 0.249 e. The summed E-state index contributed by atoms with van der Waals surface area (Å²) < 4.78 is 14.1. The van der Waals surface area contributed by atoms with Gasteiger partial charge in [-0.2, -0.15) is 0 Å². The molecule has 3 aromatic rings. The Labute approximate surface area is 148 Å². The number of primary amides is 1. The second-order valence-electron chi connectivity index (χ2n) is 6.00. The third-order valence-electron chi connectivity index (χ3n) is 4.51. The Morgan fingerprint density at radius 3 is 2.72 bits per heavy atom. The predicted octanol–water partition coefficient (Wildman–Crippen LogP) is 4.61. The largest absolute Gasteiger partial charge is 0.366 e. The van der Waals surface area contributed by atoms with Gasteiger partial charge in [0.05, 0.1) is 21.8 Å². The smallest absolute Gasteiger partial charge is 0.249 e. The van der Waals surface area contributed by atoms with E-state index in [2.05, 4.69) is 0 Å². The summed E-state index contributed by atoms with van der Waals surface area (Å²) in [6.07, 6.45) is 3.02. The molecule has 0 atom stereocenters. The van der Waals surface area contributed by atoms with Gasteiger partial charge in [0.2, 0.25) is 5.91 Å². The molecule has 0 saturated heterocycles. The first-order chi connectivity index (χ1) is 12.1. The molecule has 25 heavy (non-hydrogen) atoms. The number of benzene rings is 2. The molecule has 0 spiro atoms. The molecule has 1 aromatic heterocycles. The van der Waals surface area contributed by atoms with Crippen LogP contribution in [0.5, 0.6) is 0 Å². The van der Waals surface area contributed by atoms with E-state index >= 15 is 0 Å². The molecule has 0 aliphatic heterocycles. The molecule has 1 aliphatic rings. The monoisotopic (exact) mass is 352 g/mol. The van der Waals surface area contributed by atoms with Gasteiger partial charge in [-0.15, -0.1) is 0 Å². The number of hydrogen-bond donors (Lipinski definition) is 1. The van der Waals surface area contributed by atoms with Gasteiger partial charge in [-0.05, 0) is 48.3 Å². The molecule has 5 heteroatoms. The minimum atomic E-state index is -0.472. The maximum atomic E-state index is 14.1. The fourth-order valence-electron chi connectivity index (χ4n) is 3.38. The Balaban J connectivity index is 1.97. The maximum absolute atomic E-state index is 14.1. The highest BCUT2D eigenvalue weighted by Gasteiger charge is 2.26. The van der Waals surface area contributed by atoms with E-state index in [4.69, 9.17) is 22.3 Å². The van der Waals surface area contributed by atoms with Gasteiger partial charge in [0.1, 0.15) is 5.82 Å². The third-order valence-corrected chi connectivity index (χ3v) is 4.84. The molecule has 1 aliphatic carbocycles. The Morgan fingerprint density at radius 2 is 1.96 bits per heavy atom. The number of fused-ring (bicyclic) bond motifs is 2. The predicted molar refractivity (Wildman–Crippen MR) is 97.9 cm³/mol.